The third-order valence-electron chi connectivity index (χ3n) is 7.18. The first kappa shape index (κ1) is 19.9. The van der Waals surface area contributed by atoms with E-state index in [0.717, 1.165) is 36.0 Å². The van der Waals surface area contributed by atoms with E-state index in [1.807, 2.05) is 48.7 Å². The highest BCUT2D eigenvalue weighted by molar-refractivity contribution is 6.14. The van der Waals surface area contributed by atoms with Crippen LogP contribution >= 0.6 is 0 Å². The number of carbonyl (C=O) groups excluding carboxylic acids is 2. The van der Waals surface area contributed by atoms with Gasteiger partial charge < -0.3 is 14.3 Å². The molecule has 0 saturated heterocycles. The van der Waals surface area contributed by atoms with Crippen LogP contribution in [0.5, 0.6) is 0 Å². The van der Waals surface area contributed by atoms with Crippen LogP contribution in [-0.4, -0.2) is 28.0 Å². The molecule has 0 unspecified atom stereocenters. The Morgan fingerprint density at radius 2 is 1.97 bits per heavy atom. The number of aromatic nitrogens is 1. The van der Waals surface area contributed by atoms with Gasteiger partial charge >= 0.3 is 0 Å². The maximum atomic E-state index is 13.8. The smallest absolute Gasteiger partial charge is 0.276 e. The lowest BCUT2D eigenvalue weighted by molar-refractivity contribution is -0.127. The van der Waals surface area contributed by atoms with Crippen molar-refractivity contribution < 1.29 is 14.0 Å². The molecule has 0 spiro atoms. The number of carbonyl (C=O) groups is 2. The molecule has 3 aromatic rings. The number of benzene rings is 1. The zero-order valence-corrected chi connectivity index (χ0v) is 18.4. The molecule has 1 saturated carbocycles. The number of hydrogen-bond acceptors (Lipinski definition) is 3. The average Bonchev–Trinajstić information content (AvgIpc) is 3.33. The summed E-state index contributed by atoms with van der Waals surface area (Å²) in [5.41, 5.74) is 2.73. The number of rotatable bonds is 3. The van der Waals surface area contributed by atoms with Crippen LogP contribution in [0.25, 0.3) is 11.1 Å². The quantitative estimate of drug-likeness (QED) is 0.672. The molecule has 1 N–H and O–H groups in total. The van der Waals surface area contributed by atoms with Crippen molar-refractivity contribution in [3.63, 3.8) is 0 Å². The van der Waals surface area contributed by atoms with Crippen LogP contribution in [0.1, 0.15) is 55.6 Å². The Labute approximate surface area is 182 Å². The third-order valence-corrected chi connectivity index (χ3v) is 7.18. The molecule has 162 valence electrons. The lowest BCUT2D eigenvalue weighted by Gasteiger charge is -2.45. The van der Waals surface area contributed by atoms with E-state index in [4.69, 9.17) is 4.42 Å². The molecular formula is C25H29N3O3. The summed E-state index contributed by atoms with van der Waals surface area (Å²) in [4.78, 5) is 29.3. The highest BCUT2D eigenvalue weighted by atomic mass is 16.3. The van der Waals surface area contributed by atoms with Gasteiger partial charge in [0.2, 0.25) is 5.91 Å². The van der Waals surface area contributed by atoms with Crippen LogP contribution in [0.4, 0.5) is 5.69 Å². The van der Waals surface area contributed by atoms with Crippen molar-refractivity contribution in [3.05, 3.63) is 53.9 Å². The number of para-hydroxylation sites is 1. The average molecular weight is 420 g/mol. The van der Waals surface area contributed by atoms with E-state index in [0.29, 0.717) is 23.7 Å². The third kappa shape index (κ3) is 3.08. The summed E-state index contributed by atoms with van der Waals surface area (Å²) < 4.78 is 7.49. The molecule has 5 rings (SSSR count). The fourth-order valence-corrected chi connectivity index (χ4v) is 5.26. The van der Waals surface area contributed by atoms with E-state index in [1.54, 1.807) is 17.2 Å². The second-order valence-corrected chi connectivity index (χ2v) is 9.33. The molecule has 1 aliphatic heterocycles. The van der Waals surface area contributed by atoms with E-state index in [2.05, 4.69) is 12.2 Å². The van der Waals surface area contributed by atoms with E-state index in [1.165, 1.54) is 6.42 Å². The Morgan fingerprint density at radius 1 is 1.19 bits per heavy atom. The lowest BCUT2D eigenvalue weighted by atomic mass is 9.84. The molecular weight excluding hydrogens is 390 g/mol. The number of aryl methyl sites for hydroxylation is 1. The summed E-state index contributed by atoms with van der Waals surface area (Å²) in [6, 6.07) is 11.5. The largest absolute Gasteiger partial charge is 0.463 e. The van der Waals surface area contributed by atoms with Crippen molar-refractivity contribution in [1.29, 1.82) is 0 Å². The molecule has 0 bridgehead atoms. The van der Waals surface area contributed by atoms with Gasteiger partial charge in [0, 0.05) is 23.9 Å². The van der Waals surface area contributed by atoms with Crippen LogP contribution in [-0.2, 0) is 11.3 Å². The summed E-state index contributed by atoms with van der Waals surface area (Å²) in [5, 5.41) is 3.31. The van der Waals surface area contributed by atoms with Crippen molar-refractivity contribution in [2.24, 2.45) is 5.92 Å². The number of amides is 2. The Morgan fingerprint density at radius 3 is 2.74 bits per heavy atom. The van der Waals surface area contributed by atoms with Crippen LogP contribution < -0.4 is 10.2 Å². The van der Waals surface area contributed by atoms with Gasteiger partial charge in [-0.05, 0) is 44.2 Å². The van der Waals surface area contributed by atoms with Gasteiger partial charge in [0.15, 0.2) is 5.58 Å². The van der Waals surface area contributed by atoms with Gasteiger partial charge in [-0.2, -0.15) is 0 Å². The summed E-state index contributed by atoms with van der Waals surface area (Å²) in [6.07, 6.45) is 6.08. The molecule has 2 amide bonds. The normalized spacial score (nSPS) is 26.2. The van der Waals surface area contributed by atoms with Gasteiger partial charge in [0.25, 0.3) is 5.91 Å². The highest BCUT2D eigenvalue weighted by Crippen LogP contribution is 2.38. The maximum Gasteiger partial charge on any atom is 0.276 e. The number of fused-ring (bicyclic) bond motifs is 3. The van der Waals surface area contributed by atoms with E-state index >= 15 is 0 Å². The minimum atomic E-state index is -1.06. The Kier molecular flexibility index (Phi) is 4.68. The van der Waals surface area contributed by atoms with E-state index in [9.17, 15) is 9.59 Å². The predicted molar refractivity (Wildman–Crippen MR) is 120 cm³/mol. The highest BCUT2D eigenvalue weighted by Gasteiger charge is 2.49. The zero-order chi connectivity index (χ0) is 21.8. The van der Waals surface area contributed by atoms with Gasteiger partial charge in [-0.3, -0.25) is 14.5 Å². The summed E-state index contributed by atoms with van der Waals surface area (Å²) in [6.45, 7) is 6.44. The van der Waals surface area contributed by atoms with E-state index in [-0.39, 0.29) is 17.9 Å². The molecule has 6 nitrogen and oxygen atoms in total. The number of hydrogen-bond donors (Lipinski definition) is 1. The molecule has 0 radical (unpaired) electrons. The molecule has 6 heteroatoms. The molecule has 3 heterocycles. The van der Waals surface area contributed by atoms with Crippen molar-refractivity contribution in [1.82, 2.24) is 9.88 Å². The second-order valence-electron chi connectivity index (χ2n) is 9.33. The Bertz CT molecular complexity index is 1160. The number of furan rings is 1. The molecule has 1 aliphatic carbocycles. The first-order valence-electron chi connectivity index (χ1n) is 11.2. The van der Waals surface area contributed by atoms with E-state index < -0.39 is 5.54 Å². The van der Waals surface area contributed by atoms with Gasteiger partial charge in [0.05, 0.1) is 18.3 Å². The van der Waals surface area contributed by atoms with Crippen LogP contribution in [0, 0.1) is 12.8 Å². The fourth-order valence-electron chi connectivity index (χ4n) is 5.26. The molecule has 1 fully saturated rings. The molecule has 3 atom stereocenters. The molecule has 1 aromatic carbocycles. The summed E-state index contributed by atoms with van der Waals surface area (Å²) >= 11 is 0. The SMILES string of the molecule is Cc1ccccc1N1C(=O)c2cc3occc3n2C[C@]1(C)C(=O)N[C@@H]1CCCC[C@H]1C. The summed E-state index contributed by atoms with van der Waals surface area (Å²) in [7, 11) is 0. The molecule has 2 aromatic heterocycles. The fraction of sp³-hybridized carbons (Fsp3) is 0.440. The van der Waals surface area contributed by atoms with Gasteiger partial charge in [-0.15, -0.1) is 0 Å². The predicted octanol–water partition coefficient (Wildman–Crippen LogP) is 4.66. The standard InChI is InChI=1S/C25H29N3O3/c1-16-8-4-6-10-18(16)26-24(30)25(3)15-27-20-12-13-31-22(20)14-21(27)23(29)28(25)19-11-7-5-9-17(19)2/h5,7,9,11-14,16,18H,4,6,8,10,15H2,1-3H3,(H,26,30)/t16-,18-,25-/m1/s1. The van der Waals surface area contributed by atoms with Crippen LogP contribution in [0.2, 0.25) is 0 Å². The van der Waals surface area contributed by atoms with Crippen molar-refractivity contribution >= 4 is 28.6 Å². The van der Waals surface area contributed by atoms with Gasteiger partial charge in [-0.25, -0.2) is 0 Å². The second kappa shape index (κ2) is 7.29. The maximum absolute atomic E-state index is 13.8. The monoisotopic (exact) mass is 419 g/mol. The molecule has 31 heavy (non-hydrogen) atoms. The number of nitrogens with one attached hydrogen (secondary N) is 1. The minimum absolute atomic E-state index is 0.0983. The van der Waals surface area contributed by atoms with Crippen molar-refractivity contribution in [3.8, 4) is 0 Å². The summed E-state index contributed by atoms with van der Waals surface area (Å²) in [5.74, 6) is 0.162. The number of nitrogens with zero attached hydrogens (tertiary/aromatic N) is 2. The first-order chi connectivity index (χ1) is 14.9. The van der Waals surface area contributed by atoms with Gasteiger partial charge in [0.1, 0.15) is 11.2 Å². The minimum Gasteiger partial charge on any atom is -0.463 e. The molecule has 2 aliphatic rings. The Hall–Kier alpha value is -3.02. The Balaban J connectivity index is 1.61. The lowest BCUT2D eigenvalue weighted by Crippen LogP contribution is -2.66. The van der Waals surface area contributed by atoms with Crippen molar-refractivity contribution in [2.75, 3.05) is 4.90 Å². The first-order valence-corrected chi connectivity index (χ1v) is 11.2. The van der Waals surface area contributed by atoms with Crippen LogP contribution in [0.15, 0.2) is 47.1 Å². The topological polar surface area (TPSA) is 67.5 Å². The van der Waals surface area contributed by atoms with Crippen LogP contribution in [0.3, 0.4) is 0 Å². The van der Waals surface area contributed by atoms with Crippen molar-refractivity contribution in [2.45, 2.75) is 64.6 Å². The van der Waals surface area contributed by atoms with Gasteiger partial charge in [-0.1, -0.05) is 38.0 Å². The zero-order valence-electron chi connectivity index (χ0n) is 18.4. The number of anilines is 1.